The summed E-state index contributed by atoms with van der Waals surface area (Å²) in [6.45, 7) is 3.55. The topological polar surface area (TPSA) is 60.8 Å². The van der Waals surface area contributed by atoms with Gasteiger partial charge in [-0.1, -0.05) is 6.42 Å². The second-order valence-electron chi connectivity index (χ2n) is 5.40. The monoisotopic (exact) mass is 424 g/mol. The van der Waals surface area contributed by atoms with Crippen molar-refractivity contribution < 1.29 is 5.11 Å². The van der Waals surface area contributed by atoms with E-state index in [1.54, 1.807) is 18.4 Å². The van der Waals surface area contributed by atoms with E-state index in [0.717, 1.165) is 49.0 Å². The molecule has 2 atom stereocenters. The van der Waals surface area contributed by atoms with Gasteiger partial charge in [0, 0.05) is 31.9 Å². The largest absolute Gasteiger partial charge is 0.393 e. The van der Waals surface area contributed by atoms with Gasteiger partial charge in [-0.05, 0) is 19.8 Å². The highest BCUT2D eigenvalue weighted by Crippen LogP contribution is 2.24. The summed E-state index contributed by atoms with van der Waals surface area (Å²) in [5.41, 5.74) is 1.07. The van der Waals surface area contributed by atoms with Crippen molar-refractivity contribution in [3.63, 3.8) is 0 Å². The zero-order valence-electron chi connectivity index (χ0n) is 12.9. The number of hydrogen-bond acceptors (Lipinski definition) is 4. The Bertz CT molecular complexity index is 466. The third-order valence-corrected chi connectivity index (χ3v) is 4.60. The van der Waals surface area contributed by atoms with Crippen LogP contribution >= 0.6 is 35.3 Å². The molecule has 21 heavy (non-hydrogen) atoms. The smallest absolute Gasteiger partial charge is 0.193 e. The highest BCUT2D eigenvalue weighted by molar-refractivity contribution is 14.0. The Balaban J connectivity index is 0.00000220. The lowest BCUT2D eigenvalue weighted by atomic mass is 10.1. The molecule has 0 bridgehead atoms. The first-order valence-corrected chi connectivity index (χ1v) is 7.99. The summed E-state index contributed by atoms with van der Waals surface area (Å²) < 4.78 is 0. The quantitative estimate of drug-likeness (QED) is 0.442. The Labute approximate surface area is 147 Å². The minimum absolute atomic E-state index is 0. The molecule has 1 aromatic rings. The number of aromatic nitrogens is 1. The predicted molar refractivity (Wildman–Crippen MR) is 98.4 cm³/mol. The predicted octanol–water partition coefficient (Wildman–Crippen LogP) is 2.24. The molecule has 2 unspecified atom stereocenters. The van der Waals surface area contributed by atoms with Crippen LogP contribution in [0.4, 0.5) is 0 Å². The number of hydrogen-bond donors (Lipinski definition) is 2. The Morgan fingerprint density at radius 3 is 2.86 bits per heavy atom. The van der Waals surface area contributed by atoms with Crippen LogP contribution in [0.15, 0.2) is 10.4 Å². The average Bonchev–Trinajstić information content (AvgIpc) is 3.00. The maximum atomic E-state index is 9.85. The van der Waals surface area contributed by atoms with Gasteiger partial charge in [-0.2, -0.15) is 0 Å². The highest BCUT2D eigenvalue weighted by atomic mass is 127. The van der Waals surface area contributed by atoms with Gasteiger partial charge in [-0.25, -0.2) is 4.98 Å². The summed E-state index contributed by atoms with van der Waals surface area (Å²) in [6, 6.07) is 0. The van der Waals surface area contributed by atoms with Crippen LogP contribution in [0.5, 0.6) is 0 Å². The number of aliphatic hydroxyl groups excluding tert-OH is 1. The molecular weight excluding hydrogens is 399 g/mol. The summed E-state index contributed by atoms with van der Waals surface area (Å²) in [6.07, 6.45) is 2.99. The first kappa shape index (κ1) is 18.6. The van der Waals surface area contributed by atoms with Crippen LogP contribution in [0.2, 0.25) is 0 Å². The normalized spacial score (nSPS) is 22.0. The van der Waals surface area contributed by atoms with E-state index in [4.69, 9.17) is 0 Å². The molecular formula is C14H25IN4OS. The second kappa shape index (κ2) is 8.89. The van der Waals surface area contributed by atoms with Crippen LogP contribution in [0, 0.1) is 12.8 Å². The van der Waals surface area contributed by atoms with Crippen molar-refractivity contribution in [1.82, 2.24) is 15.2 Å². The fourth-order valence-electron chi connectivity index (χ4n) is 2.66. The Morgan fingerprint density at radius 2 is 2.33 bits per heavy atom. The van der Waals surface area contributed by atoms with Crippen LogP contribution in [0.25, 0.3) is 0 Å². The summed E-state index contributed by atoms with van der Waals surface area (Å²) in [4.78, 5) is 10.8. The Kier molecular flexibility index (Phi) is 7.89. The lowest BCUT2D eigenvalue weighted by molar-refractivity contribution is 0.134. The zero-order valence-corrected chi connectivity index (χ0v) is 16.0. The summed E-state index contributed by atoms with van der Waals surface area (Å²) in [7, 11) is 3.80. The molecule has 5 nitrogen and oxygen atoms in total. The molecule has 1 aliphatic rings. The standard InChI is InChI=1S/C14H24N4OS.HI/c1-10-17-12(9-20-10)8-18(3)14(15-2)16-7-11-5-4-6-13(11)19;/h9,11,13,19H,4-8H2,1-3H3,(H,15,16);1H. The molecule has 0 aliphatic heterocycles. The van der Waals surface area contributed by atoms with Crippen LogP contribution in [0.1, 0.15) is 30.0 Å². The molecule has 1 aromatic heterocycles. The van der Waals surface area contributed by atoms with Gasteiger partial charge in [0.25, 0.3) is 0 Å². The first-order valence-electron chi connectivity index (χ1n) is 7.11. The molecule has 1 aliphatic carbocycles. The third kappa shape index (κ3) is 5.37. The van der Waals surface area contributed by atoms with Crippen LogP contribution in [0.3, 0.4) is 0 Å². The van der Waals surface area contributed by atoms with Crippen molar-refractivity contribution >= 4 is 41.3 Å². The van der Waals surface area contributed by atoms with Crippen LogP contribution in [-0.2, 0) is 6.54 Å². The molecule has 120 valence electrons. The Morgan fingerprint density at radius 1 is 1.57 bits per heavy atom. The van der Waals surface area contributed by atoms with Gasteiger partial charge in [0.1, 0.15) is 0 Å². The number of aliphatic imine (C=N–C) groups is 1. The third-order valence-electron chi connectivity index (χ3n) is 3.78. The van der Waals surface area contributed by atoms with Gasteiger partial charge in [-0.3, -0.25) is 4.99 Å². The van der Waals surface area contributed by atoms with Crippen molar-refractivity contribution in [2.45, 2.75) is 38.8 Å². The van der Waals surface area contributed by atoms with Gasteiger partial charge in [-0.15, -0.1) is 35.3 Å². The Hall–Kier alpha value is -0.410. The molecule has 1 heterocycles. The minimum Gasteiger partial charge on any atom is -0.393 e. The van der Waals surface area contributed by atoms with Crippen molar-refractivity contribution in [1.29, 1.82) is 0 Å². The number of nitrogens with one attached hydrogen (secondary N) is 1. The van der Waals surface area contributed by atoms with E-state index in [-0.39, 0.29) is 30.1 Å². The van der Waals surface area contributed by atoms with Crippen molar-refractivity contribution in [3.8, 4) is 0 Å². The van der Waals surface area contributed by atoms with Crippen molar-refractivity contribution in [3.05, 3.63) is 16.1 Å². The van der Waals surface area contributed by atoms with Gasteiger partial charge in [0.15, 0.2) is 5.96 Å². The number of rotatable bonds is 4. The molecule has 0 spiro atoms. The highest BCUT2D eigenvalue weighted by Gasteiger charge is 2.25. The molecule has 2 rings (SSSR count). The second-order valence-corrected chi connectivity index (χ2v) is 6.46. The zero-order chi connectivity index (χ0) is 14.5. The fourth-order valence-corrected chi connectivity index (χ4v) is 3.27. The minimum atomic E-state index is -0.160. The molecule has 1 saturated carbocycles. The van der Waals surface area contributed by atoms with E-state index in [9.17, 15) is 5.11 Å². The number of guanidine groups is 1. The molecule has 0 aromatic carbocycles. The number of thiazole rings is 1. The van der Waals surface area contributed by atoms with E-state index in [0.29, 0.717) is 5.92 Å². The maximum absolute atomic E-state index is 9.85. The van der Waals surface area contributed by atoms with E-state index in [1.165, 1.54) is 0 Å². The fraction of sp³-hybridized carbons (Fsp3) is 0.714. The van der Waals surface area contributed by atoms with Crippen LogP contribution in [-0.4, -0.2) is 47.7 Å². The summed E-state index contributed by atoms with van der Waals surface area (Å²) in [5, 5.41) is 16.4. The first-order chi connectivity index (χ1) is 9.60. The summed E-state index contributed by atoms with van der Waals surface area (Å²) in [5.74, 6) is 1.21. The van der Waals surface area contributed by atoms with E-state index in [1.807, 2.05) is 14.0 Å². The molecule has 0 saturated heterocycles. The molecule has 0 amide bonds. The molecule has 2 N–H and O–H groups in total. The van der Waals surface area contributed by atoms with Gasteiger partial charge >= 0.3 is 0 Å². The summed E-state index contributed by atoms with van der Waals surface area (Å²) >= 11 is 1.67. The van der Waals surface area contributed by atoms with Crippen molar-refractivity contribution in [2.75, 3.05) is 20.6 Å². The number of halogens is 1. The van der Waals surface area contributed by atoms with Gasteiger partial charge in [0.2, 0.25) is 0 Å². The van der Waals surface area contributed by atoms with E-state index in [2.05, 4.69) is 25.6 Å². The van der Waals surface area contributed by atoms with Gasteiger partial charge in [0.05, 0.1) is 23.4 Å². The average molecular weight is 424 g/mol. The van der Waals surface area contributed by atoms with Gasteiger partial charge < -0.3 is 15.3 Å². The molecule has 1 fully saturated rings. The maximum Gasteiger partial charge on any atom is 0.193 e. The van der Waals surface area contributed by atoms with Crippen molar-refractivity contribution in [2.24, 2.45) is 10.9 Å². The number of aryl methyl sites for hydroxylation is 1. The lowest BCUT2D eigenvalue weighted by Crippen LogP contribution is -2.41. The van der Waals surface area contributed by atoms with E-state index < -0.39 is 0 Å². The van der Waals surface area contributed by atoms with E-state index >= 15 is 0 Å². The molecule has 0 radical (unpaired) electrons. The lowest BCUT2D eigenvalue weighted by Gasteiger charge is -2.23. The molecule has 7 heteroatoms. The van der Waals surface area contributed by atoms with Crippen LogP contribution < -0.4 is 5.32 Å². The number of aliphatic hydroxyl groups is 1. The number of nitrogens with zero attached hydrogens (tertiary/aromatic N) is 3. The SMILES string of the molecule is CN=C(NCC1CCCC1O)N(C)Cc1csc(C)n1.I.